The van der Waals surface area contributed by atoms with Crippen molar-refractivity contribution < 1.29 is 30.8 Å². The smallest absolute Gasteiger partial charge is 0.261 e. The highest BCUT2D eigenvalue weighted by atomic mass is 32.2. The molecule has 186 valence electrons. The highest BCUT2D eigenvalue weighted by Gasteiger charge is 2.55. The van der Waals surface area contributed by atoms with Crippen LogP contribution in [0.25, 0.3) is 0 Å². The number of amides is 2. The second-order valence-corrected chi connectivity index (χ2v) is 12.2. The Morgan fingerprint density at radius 1 is 0.629 bits per heavy atom. The molecule has 3 aromatic rings. The molecule has 13 heteroatoms. The van der Waals surface area contributed by atoms with Crippen LogP contribution in [0.5, 0.6) is 0 Å². The maximum Gasteiger partial charge on any atom is 0.261 e. The third-order valence-corrected chi connectivity index (χ3v) is 9.87. The number of sulfone groups is 2. The summed E-state index contributed by atoms with van der Waals surface area (Å²) in [7, 11) is -9.42. The average molecular weight is 521 g/mol. The fourth-order valence-corrected chi connectivity index (χ4v) is 6.33. The first-order valence-electron chi connectivity index (χ1n) is 10.0. The van der Waals surface area contributed by atoms with Gasteiger partial charge in [-0.1, -0.05) is 35.4 Å². The molecule has 0 spiro atoms. The lowest BCUT2D eigenvalue weighted by Crippen LogP contribution is -2.55. The summed E-state index contributed by atoms with van der Waals surface area (Å²) in [4.78, 5) is 18.1. The van der Waals surface area contributed by atoms with Crippen molar-refractivity contribution in [2.45, 2.75) is 33.4 Å². The van der Waals surface area contributed by atoms with Gasteiger partial charge in [0.2, 0.25) is 19.7 Å². The van der Waals surface area contributed by atoms with E-state index < -0.39 is 52.8 Å². The van der Waals surface area contributed by atoms with Crippen molar-refractivity contribution in [2.75, 3.05) is 0 Å². The molecule has 0 aliphatic rings. The van der Waals surface area contributed by atoms with Gasteiger partial charge >= 0.3 is 0 Å². The van der Waals surface area contributed by atoms with Crippen LogP contribution in [0.15, 0.2) is 74.9 Å². The molecule has 0 saturated heterocycles. The van der Waals surface area contributed by atoms with Crippen LogP contribution in [0.1, 0.15) is 22.6 Å². The van der Waals surface area contributed by atoms with E-state index in [9.17, 15) is 26.4 Å². The summed E-state index contributed by atoms with van der Waals surface area (Å²) in [6.45, 7) is 3.44. The summed E-state index contributed by atoms with van der Waals surface area (Å²) in [5.41, 5.74) is 24.3. The fraction of sp³-hybridized carbons (Fsp3) is 0.182. The summed E-state index contributed by atoms with van der Waals surface area (Å²) in [6, 6.07) is 12.6. The van der Waals surface area contributed by atoms with Crippen molar-refractivity contribution in [1.29, 1.82) is 0 Å². The first-order valence-corrected chi connectivity index (χ1v) is 13.0. The van der Waals surface area contributed by atoms with Gasteiger partial charge in [-0.15, -0.1) is 0 Å². The SMILES string of the molecule is Cc1ccc(S(=O)(=O)C(N)(C(N)=O)c2ccc(C(N)(C(N)=O)S(=O)(=O)c3ccc(C)cc3)o2)cc1. The predicted octanol–water partition coefficient (Wildman–Crippen LogP) is 0.0378. The number of rotatable bonds is 8. The summed E-state index contributed by atoms with van der Waals surface area (Å²) < 4.78 is 58.7. The zero-order chi connectivity index (χ0) is 26.4. The Bertz CT molecular complexity index is 1400. The van der Waals surface area contributed by atoms with E-state index in [0.29, 0.717) is 0 Å². The van der Waals surface area contributed by atoms with E-state index in [4.69, 9.17) is 27.4 Å². The van der Waals surface area contributed by atoms with Crippen LogP contribution in [0.2, 0.25) is 0 Å². The average Bonchev–Trinajstić information content (AvgIpc) is 3.29. The van der Waals surface area contributed by atoms with Gasteiger partial charge in [-0.2, -0.15) is 0 Å². The monoisotopic (exact) mass is 520 g/mol. The van der Waals surface area contributed by atoms with Crippen LogP contribution in [-0.4, -0.2) is 28.6 Å². The van der Waals surface area contributed by atoms with Gasteiger partial charge in [0.05, 0.1) is 9.79 Å². The van der Waals surface area contributed by atoms with Crippen LogP contribution in [-0.2, 0) is 39.0 Å². The molecule has 2 amide bonds. The summed E-state index contributed by atoms with van der Waals surface area (Å²) >= 11 is 0. The summed E-state index contributed by atoms with van der Waals surface area (Å²) in [5, 5.41) is 0. The number of carbonyl (C=O) groups is 2. The number of furan rings is 1. The predicted molar refractivity (Wildman–Crippen MR) is 126 cm³/mol. The molecule has 1 aromatic heterocycles. The van der Waals surface area contributed by atoms with Crippen LogP contribution < -0.4 is 22.9 Å². The van der Waals surface area contributed by atoms with E-state index in [1.165, 1.54) is 48.5 Å². The lowest BCUT2D eigenvalue weighted by molar-refractivity contribution is -0.121. The normalized spacial score (nSPS) is 15.7. The molecule has 0 saturated carbocycles. The molecular formula is C22H24N4O7S2. The highest BCUT2D eigenvalue weighted by Crippen LogP contribution is 2.37. The summed E-state index contributed by atoms with van der Waals surface area (Å²) in [5.74, 6) is -4.53. The molecule has 2 aromatic carbocycles. The Morgan fingerprint density at radius 3 is 1.17 bits per heavy atom. The molecule has 0 aliphatic carbocycles. The minimum atomic E-state index is -4.71. The van der Waals surface area contributed by atoms with Crippen LogP contribution in [0.4, 0.5) is 0 Å². The minimum Gasteiger partial charge on any atom is -0.459 e. The molecule has 1 heterocycles. The van der Waals surface area contributed by atoms with E-state index in [0.717, 1.165) is 23.3 Å². The topological polar surface area (TPSA) is 220 Å². The maximum atomic E-state index is 13.3. The zero-order valence-electron chi connectivity index (χ0n) is 18.8. The quantitative estimate of drug-likeness (QED) is 0.314. The third-order valence-electron chi connectivity index (χ3n) is 5.58. The molecule has 0 bridgehead atoms. The molecule has 3 rings (SSSR count). The first-order chi connectivity index (χ1) is 16.1. The third kappa shape index (κ3) is 3.91. The lowest BCUT2D eigenvalue weighted by Gasteiger charge is -2.26. The van der Waals surface area contributed by atoms with Crippen molar-refractivity contribution in [3.05, 3.63) is 83.3 Å². The summed E-state index contributed by atoms with van der Waals surface area (Å²) in [6.07, 6.45) is 0. The molecule has 2 atom stereocenters. The van der Waals surface area contributed by atoms with E-state index in [1.54, 1.807) is 13.8 Å². The van der Waals surface area contributed by atoms with Crippen molar-refractivity contribution in [2.24, 2.45) is 22.9 Å². The van der Waals surface area contributed by atoms with Crippen LogP contribution >= 0.6 is 0 Å². The standard InChI is InChI=1S/C22H24N4O7S2/c1-13-3-7-15(8-4-13)34(29,30)21(25,19(23)27)17-11-12-18(33-17)22(26,20(24)28)35(31,32)16-9-5-14(2)6-10-16/h3-12H,25-26H2,1-2H3,(H2,23,27)(H2,24,28). The van der Waals surface area contributed by atoms with Crippen LogP contribution in [0, 0.1) is 13.8 Å². The van der Waals surface area contributed by atoms with Crippen LogP contribution in [0.3, 0.4) is 0 Å². The number of benzene rings is 2. The van der Waals surface area contributed by atoms with E-state index in [2.05, 4.69) is 0 Å². The van der Waals surface area contributed by atoms with Crippen molar-refractivity contribution in [3.63, 3.8) is 0 Å². The second kappa shape index (κ2) is 8.61. The van der Waals surface area contributed by atoms with Gasteiger partial charge in [-0.3, -0.25) is 21.1 Å². The Hall–Kier alpha value is -3.52. The maximum absolute atomic E-state index is 13.3. The Morgan fingerprint density at radius 2 is 0.914 bits per heavy atom. The minimum absolute atomic E-state index is 0.344. The molecular weight excluding hydrogens is 496 g/mol. The number of carbonyl (C=O) groups excluding carboxylic acids is 2. The molecule has 0 aliphatic heterocycles. The van der Waals surface area contributed by atoms with Gasteiger partial charge in [0.1, 0.15) is 11.5 Å². The number of hydrogen-bond acceptors (Lipinski definition) is 9. The molecule has 11 nitrogen and oxygen atoms in total. The van der Waals surface area contributed by atoms with E-state index in [1.807, 2.05) is 0 Å². The van der Waals surface area contributed by atoms with Gasteiger partial charge in [0.15, 0.2) is 0 Å². The Labute approximate surface area is 201 Å². The largest absolute Gasteiger partial charge is 0.459 e. The van der Waals surface area contributed by atoms with E-state index >= 15 is 0 Å². The highest BCUT2D eigenvalue weighted by molar-refractivity contribution is 7.93. The van der Waals surface area contributed by atoms with Gasteiger partial charge in [0.25, 0.3) is 21.6 Å². The Kier molecular flexibility index (Phi) is 6.42. The molecule has 8 N–H and O–H groups in total. The number of nitrogens with two attached hydrogens (primary N) is 4. The lowest BCUT2D eigenvalue weighted by atomic mass is 10.2. The van der Waals surface area contributed by atoms with Crippen molar-refractivity contribution >= 4 is 31.5 Å². The van der Waals surface area contributed by atoms with Crippen molar-refractivity contribution in [3.8, 4) is 0 Å². The molecule has 2 unspecified atom stereocenters. The van der Waals surface area contributed by atoms with E-state index in [-0.39, 0.29) is 9.79 Å². The number of aryl methyl sites for hydroxylation is 2. The van der Waals surface area contributed by atoms with Gasteiger partial charge in [-0.05, 0) is 50.2 Å². The second-order valence-electron chi connectivity index (χ2n) is 8.00. The first kappa shape index (κ1) is 26.1. The molecule has 35 heavy (non-hydrogen) atoms. The Balaban J connectivity index is 2.22. The zero-order valence-corrected chi connectivity index (χ0v) is 20.4. The van der Waals surface area contributed by atoms with Gasteiger partial charge < -0.3 is 15.9 Å². The van der Waals surface area contributed by atoms with Gasteiger partial charge in [-0.25, -0.2) is 16.8 Å². The number of primary amides is 2. The molecule has 0 fully saturated rings. The fourth-order valence-electron chi connectivity index (χ4n) is 3.32. The number of hydrogen-bond donors (Lipinski definition) is 4. The van der Waals surface area contributed by atoms with Crippen molar-refractivity contribution in [1.82, 2.24) is 0 Å². The van der Waals surface area contributed by atoms with Gasteiger partial charge in [0, 0.05) is 0 Å². The molecule has 0 radical (unpaired) electrons.